The first-order valence-electron chi connectivity index (χ1n) is 9.76. The molecule has 26 heavy (non-hydrogen) atoms. The zero-order valence-corrected chi connectivity index (χ0v) is 18.0. The molecule has 0 heterocycles. The minimum absolute atomic E-state index is 1.12. The Hall–Kier alpha value is -2.08. The molecule has 0 unspecified atom stereocenters. The van der Waals surface area contributed by atoms with E-state index in [1.54, 1.807) is 0 Å². The summed E-state index contributed by atoms with van der Waals surface area (Å²) >= 11 is 0. The summed E-state index contributed by atoms with van der Waals surface area (Å²) in [7, 11) is 0. The van der Waals surface area contributed by atoms with Gasteiger partial charge in [-0.2, -0.15) is 0 Å². The quantitative estimate of drug-likeness (QED) is 0.520. The number of benzene rings is 2. The Morgan fingerprint density at radius 1 is 0.615 bits per heavy atom. The Balaban J connectivity index is 0.000000260. The zero-order valence-electron chi connectivity index (χ0n) is 18.0. The van der Waals surface area contributed by atoms with E-state index in [9.17, 15) is 0 Å². The lowest BCUT2D eigenvalue weighted by Crippen LogP contribution is -1.86. The maximum absolute atomic E-state index is 2.26. The van der Waals surface area contributed by atoms with Crippen LogP contribution in [-0.4, -0.2) is 0 Å². The maximum atomic E-state index is 2.26. The van der Waals surface area contributed by atoms with Gasteiger partial charge in [0.05, 0.1) is 0 Å². The summed E-state index contributed by atoms with van der Waals surface area (Å²) in [6.07, 6.45) is 2.23. The lowest BCUT2D eigenvalue weighted by Gasteiger charge is -2.08. The second kappa shape index (κ2) is 10.8. The second-order valence-electron chi connectivity index (χ2n) is 7.40. The van der Waals surface area contributed by atoms with Gasteiger partial charge < -0.3 is 0 Å². The van der Waals surface area contributed by atoms with Crippen LogP contribution in [0.15, 0.2) is 59.7 Å². The van der Waals surface area contributed by atoms with Crippen LogP contribution in [0.1, 0.15) is 76.6 Å². The van der Waals surface area contributed by atoms with Crippen LogP contribution in [0.3, 0.4) is 0 Å². The third kappa shape index (κ3) is 6.67. The Morgan fingerprint density at radius 2 is 0.962 bits per heavy atom. The SMILES string of the molecule is CCC(=C(C)C)c1cccc(C)c1.CCC(=C(C)C)c1cccc(C)c1. The van der Waals surface area contributed by atoms with Gasteiger partial charge in [0.2, 0.25) is 0 Å². The number of allylic oxidation sites excluding steroid dienone is 4. The molecule has 140 valence electrons. The van der Waals surface area contributed by atoms with Gasteiger partial charge in [0, 0.05) is 0 Å². The molecular weight excluding hydrogens is 312 g/mol. The highest BCUT2D eigenvalue weighted by Crippen LogP contribution is 2.23. The predicted octanol–water partition coefficient (Wildman–Crippen LogP) is 8.40. The highest BCUT2D eigenvalue weighted by Gasteiger charge is 2.01. The van der Waals surface area contributed by atoms with Crippen LogP contribution in [0, 0.1) is 13.8 Å². The molecule has 2 aromatic carbocycles. The molecule has 0 aliphatic rings. The van der Waals surface area contributed by atoms with E-state index >= 15 is 0 Å². The minimum atomic E-state index is 1.12. The molecule has 0 aliphatic heterocycles. The Morgan fingerprint density at radius 3 is 1.19 bits per heavy atom. The lowest BCUT2D eigenvalue weighted by atomic mass is 9.98. The first-order chi connectivity index (χ1) is 12.3. The molecule has 0 saturated carbocycles. The molecule has 0 heteroatoms. The van der Waals surface area contributed by atoms with Crippen LogP contribution in [0.2, 0.25) is 0 Å². The maximum Gasteiger partial charge on any atom is -0.0223 e. The molecule has 0 saturated heterocycles. The van der Waals surface area contributed by atoms with E-state index in [0.717, 1.165) is 12.8 Å². The molecule has 0 spiro atoms. The lowest BCUT2D eigenvalue weighted by molar-refractivity contribution is 1.19. The molecule has 0 nitrogen and oxygen atoms in total. The van der Waals surface area contributed by atoms with E-state index in [0.29, 0.717) is 0 Å². The molecule has 0 atom stereocenters. The minimum Gasteiger partial charge on any atom is -0.0726 e. The van der Waals surface area contributed by atoms with Crippen LogP contribution in [0.5, 0.6) is 0 Å². The van der Waals surface area contributed by atoms with E-state index in [1.807, 2.05) is 0 Å². The first kappa shape index (κ1) is 22.0. The first-order valence-corrected chi connectivity index (χ1v) is 9.76. The van der Waals surface area contributed by atoms with Crippen molar-refractivity contribution in [3.05, 3.63) is 81.9 Å². The van der Waals surface area contributed by atoms with E-state index in [4.69, 9.17) is 0 Å². The van der Waals surface area contributed by atoms with Crippen LogP contribution in [0.25, 0.3) is 11.1 Å². The van der Waals surface area contributed by atoms with Crippen molar-refractivity contribution in [1.82, 2.24) is 0 Å². The molecule has 0 bridgehead atoms. The summed E-state index contributed by atoms with van der Waals surface area (Å²) in [5.41, 5.74) is 11.2. The summed E-state index contributed by atoms with van der Waals surface area (Å²) in [6.45, 7) is 17.4. The Bertz CT molecular complexity index is 697. The molecular formula is C26H36. The fourth-order valence-electron chi connectivity index (χ4n) is 3.36. The fourth-order valence-corrected chi connectivity index (χ4v) is 3.36. The van der Waals surface area contributed by atoms with Gasteiger partial charge in [0.25, 0.3) is 0 Å². The molecule has 0 aliphatic carbocycles. The summed E-state index contributed by atoms with van der Waals surface area (Å²) in [4.78, 5) is 0. The summed E-state index contributed by atoms with van der Waals surface area (Å²) < 4.78 is 0. The van der Waals surface area contributed by atoms with Gasteiger partial charge in [-0.05, 0) is 76.7 Å². The topological polar surface area (TPSA) is 0 Å². The van der Waals surface area contributed by atoms with Gasteiger partial charge in [0.1, 0.15) is 0 Å². The monoisotopic (exact) mass is 348 g/mol. The number of hydrogen-bond acceptors (Lipinski definition) is 0. The predicted molar refractivity (Wildman–Crippen MR) is 119 cm³/mol. The average molecular weight is 349 g/mol. The molecule has 0 fully saturated rings. The van der Waals surface area contributed by atoms with E-state index in [-0.39, 0.29) is 0 Å². The van der Waals surface area contributed by atoms with E-state index < -0.39 is 0 Å². The van der Waals surface area contributed by atoms with Crippen molar-refractivity contribution in [2.75, 3.05) is 0 Å². The van der Waals surface area contributed by atoms with Crippen molar-refractivity contribution in [3.63, 3.8) is 0 Å². The van der Waals surface area contributed by atoms with Gasteiger partial charge in [-0.15, -0.1) is 0 Å². The number of hydrogen-bond donors (Lipinski definition) is 0. The Labute approximate surface area is 161 Å². The zero-order chi connectivity index (χ0) is 19.7. The average Bonchev–Trinajstić information content (AvgIpc) is 2.56. The van der Waals surface area contributed by atoms with Crippen LogP contribution in [-0.2, 0) is 0 Å². The molecule has 0 radical (unpaired) electrons. The van der Waals surface area contributed by atoms with Crippen molar-refractivity contribution in [2.45, 2.75) is 68.2 Å². The van der Waals surface area contributed by atoms with E-state index in [2.05, 4.69) is 104 Å². The van der Waals surface area contributed by atoms with Gasteiger partial charge in [-0.25, -0.2) is 0 Å². The Kier molecular flexibility index (Phi) is 9.13. The smallest absolute Gasteiger partial charge is 0.0223 e. The van der Waals surface area contributed by atoms with Crippen molar-refractivity contribution in [1.29, 1.82) is 0 Å². The van der Waals surface area contributed by atoms with Crippen LogP contribution >= 0.6 is 0 Å². The van der Waals surface area contributed by atoms with Gasteiger partial charge in [-0.1, -0.05) is 84.7 Å². The van der Waals surface area contributed by atoms with Crippen molar-refractivity contribution in [2.24, 2.45) is 0 Å². The normalized spacial score (nSPS) is 9.85. The van der Waals surface area contributed by atoms with Gasteiger partial charge in [0.15, 0.2) is 0 Å². The van der Waals surface area contributed by atoms with Crippen molar-refractivity contribution < 1.29 is 0 Å². The summed E-state index contributed by atoms with van der Waals surface area (Å²) in [5, 5.41) is 0. The number of rotatable bonds is 4. The third-order valence-corrected chi connectivity index (χ3v) is 4.65. The molecule has 2 aromatic rings. The fraction of sp³-hybridized carbons (Fsp3) is 0.385. The van der Waals surface area contributed by atoms with Gasteiger partial charge >= 0.3 is 0 Å². The highest BCUT2D eigenvalue weighted by molar-refractivity contribution is 5.68. The van der Waals surface area contributed by atoms with Crippen molar-refractivity contribution in [3.8, 4) is 0 Å². The van der Waals surface area contributed by atoms with Crippen LogP contribution in [0.4, 0.5) is 0 Å². The molecule has 0 amide bonds. The highest BCUT2D eigenvalue weighted by atomic mass is 14.1. The summed E-state index contributed by atoms with van der Waals surface area (Å²) in [6, 6.07) is 17.4. The van der Waals surface area contributed by atoms with Gasteiger partial charge in [-0.3, -0.25) is 0 Å². The van der Waals surface area contributed by atoms with Crippen molar-refractivity contribution >= 4 is 11.1 Å². The van der Waals surface area contributed by atoms with Crippen LogP contribution < -0.4 is 0 Å². The largest absolute Gasteiger partial charge is 0.0726 e. The molecule has 0 N–H and O–H groups in total. The molecule has 0 aromatic heterocycles. The third-order valence-electron chi connectivity index (χ3n) is 4.65. The standard InChI is InChI=1S/2C13H18/c2*1-5-13(10(2)3)12-8-6-7-11(4)9-12/h2*6-9H,5H2,1-4H3. The second-order valence-corrected chi connectivity index (χ2v) is 7.40. The summed E-state index contributed by atoms with van der Waals surface area (Å²) in [5.74, 6) is 0. The number of aryl methyl sites for hydroxylation is 2. The molecule has 2 rings (SSSR count). The van der Waals surface area contributed by atoms with E-state index in [1.165, 1.54) is 44.5 Å².